The summed E-state index contributed by atoms with van der Waals surface area (Å²) in [5.41, 5.74) is 0. The van der Waals surface area contributed by atoms with Crippen molar-refractivity contribution < 1.29 is 9.90 Å². The minimum atomic E-state index is -1.17. The van der Waals surface area contributed by atoms with E-state index in [1.54, 1.807) is 22.6 Å². The first-order valence-electron chi connectivity index (χ1n) is 1.44. The highest BCUT2D eigenvalue weighted by Gasteiger charge is 2.10. The lowest BCUT2D eigenvalue weighted by Gasteiger charge is -2.00. The number of aliphatic hydroxyl groups is 1. The number of carbonyl (C=O) groups is 1. The Balaban J connectivity index is 3.45. The van der Waals surface area contributed by atoms with E-state index in [-0.39, 0.29) is 0 Å². The lowest BCUT2D eigenvalue weighted by atomic mass is 10.5. The number of aldehydes is 1. The van der Waals surface area contributed by atoms with E-state index >= 15 is 0 Å². The van der Waals surface area contributed by atoms with Crippen molar-refractivity contribution in [3.63, 3.8) is 0 Å². The Labute approximate surface area is 49.7 Å². The van der Waals surface area contributed by atoms with Crippen LogP contribution in [-0.4, -0.2) is 15.0 Å². The van der Waals surface area contributed by atoms with Gasteiger partial charge >= 0.3 is 0 Å². The van der Waals surface area contributed by atoms with Crippen LogP contribution in [0.5, 0.6) is 0 Å². The Morgan fingerprint density at radius 3 is 2.17 bits per heavy atom. The average Bonchev–Trinajstić information content (AvgIpc) is 1.35. The van der Waals surface area contributed by atoms with Crippen LogP contribution in [0.1, 0.15) is 6.92 Å². The molecule has 0 bridgehead atoms. The van der Waals surface area contributed by atoms with Gasteiger partial charge in [-0.15, -0.1) is 0 Å². The molecule has 6 heavy (non-hydrogen) atoms. The first-order valence-corrected chi connectivity index (χ1v) is 2.52. The molecule has 0 rings (SSSR count). The number of carbonyl (C=O) groups excluding carboxylic acids is 1. The molecule has 0 saturated heterocycles. The molecule has 0 aromatic rings. The summed E-state index contributed by atoms with van der Waals surface area (Å²) >= 11 is 1.63. The van der Waals surface area contributed by atoms with E-state index in [2.05, 4.69) is 0 Å². The molecule has 3 heteroatoms. The van der Waals surface area contributed by atoms with Gasteiger partial charge in [-0.25, -0.2) is 0 Å². The van der Waals surface area contributed by atoms with Gasteiger partial charge in [-0.2, -0.15) is 0 Å². The monoisotopic (exact) mass is 200 g/mol. The van der Waals surface area contributed by atoms with Crippen LogP contribution in [0.3, 0.4) is 0 Å². The SMILES string of the molecule is CC(O)(I)C=O. The highest BCUT2D eigenvalue weighted by molar-refractivity contribution is 14.1. The summed E-state index contributed by atoms with van der Waals surface area (Å²) < 4.78 is -1.17. The molecule has 0 aliphatic heterocycles. The van der Waals surface area contributed by atoms with Gasteiger partial charge in [-0.1, -0.05) is 0 Å². The van der Waals surface area contributed by atoms with E-state index in [0.717, 1.165) is 0 Å². The van der Waals surface area contributed by atoms with Gasteiger partial charge in [-0.3, -0.25) is 4.79 Å². The highest BCUT2D eigenvalue weighted by Crippen LogP contribution is 2.06. The minimum absolute atomic E-state index is 0.480. The molecule has 0 spiro atoms. The van der Waals surface area contributed by atoms with Crippen LogP contribution in [0, 0.1) is 0 Å². The summed E-state index contributed by atoms with van der Waals surface area (Å²) in [5.74, 6) is 0. The lowest BCUT2D eigenvalue weighted by Crippen LogP contribution is -2.14. The highest BCUT2D eigenvalue weighted by atomic mass is 127. The zero-order valence-corrected chi connectivity index (χ0v) is 5.47. The lowest BCUT2D eigenvalue weighted by molar-refractivity contribution is -0.115. The Morgan fingerprint density at radius 1 is 2.00 bits per heavy atom. The standard InChI is InChI=1S/C3H5IO2/c1-3(4,6)2-5/h2,6H,1H3. The summed E-state index contributed by atoms with van der Waals surface area (Å²) in [7, 11) is 0. The van der Waals surface area contributed by atoms with Crippen LogP contribution in [-0.2, 0) is 4.79 Å². The Bertz CT molecular complexity index is 54.3. The van der Waals surface area contributed by atoms with Crippen LogP contribution < -0.4 is 0 Å². The Morgan fingerprint density at radius 2 is 2.17 bits per heavy atom. The van der Waals surface area contributed by atoms with Crippen molar-refractivity contribution in [3.05, 3.63) is 0 Å². The quantitative estimate of drug-likeness (QED) is 0.376. The zero-order chi connectivity index (χ0) is 5.21. The first-order chi connectivity index (χ1) is 2.56. The third-order valence-electron chi connectivity index (χ3n) is 0.215. The largest absolute Gasteiger partial charge is 0.373 e. The molecule has 0 radical (unpaired) electrons. The summed E-state index contributed by atoms with van der Waals surface area (Å²) in [4.78, 5) is 9.57. The van der Waals surface area contributed by atoms with Gasteiger partial charge < -0.3 is 5.11 Å². The number of hydrogen-bond donors (Lipinski definition) is 1. The van der Waals surface area contributed by atoms with Crippen molar-refractivity contribution in [3.8, 4) is 0 Å². The van der Waals surface area contributed by atoms with E-state index in [0.29, 0.717) is 6.29 Å². The van der Waals surface area contributed by atoms with E-state index in [9.17, 15) is 4.79 Å². The smallest absolute Gasteiger partial charge is 0.167 e. The van der Waals surface area contributed by atoms with Crippen LogP contribution in [0.15, 0.2) is 0 Å². The number of rotatable bonds is 1. The maximum Gasteiger partial charge on any atom is 0.167 e. The van der Waals surface area contributed by atoms with Gasteiger partial charge in [-0.05, 0) is 29.5 Å². The fourth-order valence-electron chi connectivity index (χ4n) is 0. The molecule has 0 aliphatic rings. The normalized spacial score (nSPS) is 19.2. The van der Waals surface area contributed by atoms with E-state index in [4.69, 9.17) is 5.11 Å². The average molecular weight is 200 g/mol. The second-order valence-corrected chi connectivity index (χ2v) is 3.33. The molecule has 2 nitrogen and oxygen atoms in total. The van der Waals surface area contributed by atoms with E-state index in [1.807, 2.05) is 0 Å². The zero-order valence-electron chi connectivity index (χ0n) is 3.31. The first kappa shape index (κ1) is 6.36. The summed E-state index contributed by atoms with van der Waals surface area (Å²) in [5, 5.41) is 8.44. The van der Waals surface area contributed by atoms with Crippen LogP contribution >= 0.6 is 22.6 Å². The van der Waals surface area contributed by atoms with Gasteiger partial charge in [0.15, 0.2) is 9.89 Å². The molecule has 0 aromatic carbocycles. The van der Waals surface area contributed by atoms with Crippen LogP contribution in [0.2, 0.25) is 0 Å². The van der Waals surface area contributed by atoms with Crippen LogP contribution in [0.25, 0.3) is 0 Å². The second kappa shape index (κ2) is 1.88. The molecular weight excluding hydrogens is 195 g/mol. The van der Waals surface area contributed by atoms with Crippen molar-refractivity contribution in [1.82, 2.24) is 0 Å². The van der Waals surface area contributed by atoms with Gasteiger partial charge in [0, 0.05) is 0 Å². The molecule has 0 aliphatic carbocycles. The van der Waals surface area contributed by atoms with Gasteiger partial charge in [0.05, 0.1) is 0 Å². The fourth-order valence-corrected chi connectivity index (χ4v) is 0. The molecule has 0 amide bonds. The van der Waals surface area contributed by atoms with Gasteiger partial charge in [0.25, 0.3) is 0 Å². The Hall–Kier alpha value is 0.360. The minimum Gasteiger partial charge on any atom is -0.373 e. The summed E-state index contributed by atoms with van der Waals surface area (Å²) in [6, 6.07) is 0. The third kappa shape index (κ3) is 4.36. The number of hydrogen-bond acceptors (Lipinski definition) is 2. The predicted molar refractivity (Wildman–Crippen MR) is 30.7 cm³/mol. The van der Waals surface area contributed by atoms with Crippen LogP contribution in [0.4, 0.5) is 0 Å². The molecule has 1 unspecified atom stereocenters. The molecular formula is C3H5IO2. The Kier molecular flexibility index (Phi) is 1.99. The van der Waals surface area contributed by atoms with Crippen molar-refractivity contribution in [2.75, 3.05) is 0 Å². The van der Waals surface area contributed by atoms with Gasteiger partial charge in [0.2, 0.25) is 0 Å². The molecule has 1 atom stereocenters. The molecule has 36 valence electrons. The fraction of sp³-hybridized carbons (Fsp3) is 0.667. The molecule has 0 fully saturated rings. The number of alkyl halides is 1. The van der Waals surface area contributed by atoms with Gasteiger partial charge in [0.1, 0.15) is 0 Å². The second-order valence-electron chi connectivity index (χ2n) is 1.14. The number of halogens is 1. The van der Waals surface area contributed by atoms with E-state index < -0.39 is 3.61 Å². The van der Waals surface area contributed by atoms with Crippen molar-refractivity contribution >= 4 is 28.9 Å². The molecule has 1 N–H and O–H groups in total. The third-order valence-corrected chi connectivity index (χ3v) is 0.469. The van der Waals surface area contributed by atoms with Crippen molar-refractivity contribution in [1.29, 1.82) is 0 Å². The predicted octanol–water partition coefficient (Wildman–Crippen LogP) is 0.329. The van der Waals surface area contributed by atoms with Crippen molar-refractivity contribution in [2.45, 2.75) is 10.5 Å². The molecule has 0 aromatic heterocycles. The molecule has 0 heterocycles. The van der Waals surface area contributed by atoms with Crippen molar-refractivity contribution in [2.24, 2.45) is 0 Å². The van der Waals surface area contributed by atoms with E-state index in [1.165, 1.54) is 6.92 Å². The summed E-state index contributed by atoms with van der Waals surface area (Å²) in [6.07, 6.45) is 0.480. The maximum absolute atomic E-state index is 9.57. The summed E-state index contributed by atoms with van der Waals surface area (Å²) in [6.45, 7) is 1.42. The maximum atomic E-state index is 9.57. The topological polar surface area (TPSA) is 37.3 Å². The molecule has 0 saturated carbocycles.